The third kappa shape index (κ3) is 3.77. The van der Waals surface area contributed by atoms with Crippen molar-refractivity contribution >= 4 is 65.4 Å². The summed E-state index contributed by atoms with van der Waals surface area (Å²) in [6.07, 6.45) is 0.970. The molecule has 0 spiro atoms. The number of amides is 1. The van der Waals surface area contributed by atoms with Crippen molar-refractivity contribution in [3.05, 3.63) is 64.0 Å². The van der Waals surface area contributed by atoms with Gasteiger partial charge in [0.15, 0.2) is 0 Å². The van der Waals surface area contributed by atoms with Crippen molar-refractivity contribution in [3.63, 3.8) is 0 Å². The van der Waals surface area contributed by atoms with Gasteiger partial charge in [0.25, 0.3) is 5.91 Å². The number of carbonyl (C=O) groups is 1. The molecule has 5 aromatic rings. The molecule has 1 amide bonds. The molecule has 0 bridgehead atoms. The fourth-order valence-corrected chi connectivity index (χ4v) is 7.42. The largest absolute Gasteiger partial charge is 0.313 e. The topological polar surface area (TPSA) is 58.1 Å². The lowest BCUT2D eigenvalue weighted by molar-refractivity contribution is 0.102. The van der Waals surface area contributed by atoms with Gasteiger partial charge < -0.3 is 5.32 Å². The van der Waals surface area contributed by atoms with Gasteiger partial charge in [-0.2, -0.15) is 0 Å². The van der Waals surface area contributed by atoms with Crippen LogP contribution in [0.15, 0.2) is 48.0 Å². The van der Waals surface area contributed by atoms with Crippen LogP contribution in [0.5, 0.6) is 0 Å². The summed E-state index contributed by atoms with van der Waals surface area (Å²) in [5.74, 6) is -0.0908. The molecule has 166 valence electrons. The summed E-state index contributed by atoms with van der Waals surface area (Å²) in [6.45, 7) is 6.42. The third-order valence-electron chi connectivity index (χ3n) is 6.14. The molecule has 6 rings (SSSR count). The second-order valence-electron chi connectivity index (χ2n) is 8.50. The number of benzene rings is 2. The second kappa shape index (κ2) is 8.29. The smallest absolute Gasteiger partial charge is 0.256 e. The van der Waals surface area contributed by atoms with Crippen molar-refractivity contribution in [3.8, 4) is 10.6 Å². The maximum absolute atomic E-state index is 13.3. The van der Waals surface area contributed by atoms with Gasteiger partial charge in [0.2, 0.25) is 0 Å². The van der Waals surface area contributed by atoms with E-state index >= 15 is 0 Å². The first kappa shape index (κ1) is 20.9. The number of aromatic nitrogens is 2. The van der Waals surface area contributed by atoms with Gasteiger partial charge in [0, 0.05) is 35.1 Å². The van der Waals surface area contributed by atoms with Gasteiger partial charge in [-0.05, 0) is 56.2 Å². The molecule has 33 heavy (non-hydrogen) atoms. The predicted octanol–water partition coefficient (Wildman–Crippen LogP) is 6.65. The van der Waals surface area contributed by atoms with E-state index in [9.17, 15) is 4.79 Å². The molecule has 1 aliphatic rings. The average molecular weight is 491 g/mol. The normalized spacial score (nSPS) is 14.3. The Morgan fingerprint density at radius 3 is 2.82 bits per heavy atom. The van der Waals surface area contributed by atoms with Gasteiger partial charge in [-0.1, -0.05) is 12.1 Å². The molecule has 0 radical (unpaired) electrons. The van der Waals surface area contributed by atoms with Gasteiger partial charge in [-0.25, -0.2) is 9.97 Å². The van der Waals surface area contributed by atoms with Crippen LogP contribution in [-0.2, 0) is 13.0 Å². The molecule has 1 N–H and O–H groups in total. The van der Waals surface area contributed by atoms with Crippen molar-refractivity contribution in [1.29, 1.82) is 0 Å². The minimum atomic E-state index is -0.0908. The third-order valence-corrected chi connectivity index (χ3v) is 9.12. The zero-order chi connectivity index (χ0) is 22.5. The summed E-state index contributed by atoms with van der Waals surface area (Å²) in [7, 11) is 0. The molecule has 0 saturated carbocycles. The molecule has 2 aromatic carbocycles. The molecule has 0 unspecified atom stereocenters. The maximum atomic E-state index is 13.3. The van der Waals surface area contributed by atoms with Gasteiger partial charge in [-0.3, -0.25) is 9.69 Å². The number of nitrogens with zero attached hydrogens (tertiary/aromatic N) is 3. The summed E-state index contributed by atoms with van der Waals surface area (Å²) in [5.41, 5.74) is 6.83. The number of para-hydroxylation sites is 1. The summed E-state index contributed by atoms with van der Waals surface area (Å²) < 4.78 is 2.19. The molecule has 3 aromatic heterocycles. The Labute approximate surface area is 203 Å². The van der Waals surface area contributed by atoms with E-state index in [0.717, 1.165) is 50.8 Å². The highest BCUT2D eigenvalue weighted by Gasteiger charge is 2.28. The highest BCUT2D eigenvalue weighted by Crippen LogP contribution is 2.46. The van der Waals surface area contributed by atoms with Crippen LogP contribution in [0.25, 0.3) is 31.0 Å². The average Bonchev–Trinajstić information content (AvgIpc) is 3.53. The zero-order valence-electron chi connectivity index (χ0n) is 18.3. The van der Waals surface area contributed by atoms with Crippen LogP contribution >= 0.6 is 34.0 Å². The van der Waals surface area contributed by atoms with Gasteiger partial charge in [0.1, 0.15) is 10.0 Å². The van der Waals surface area contributed by atoms with E-state index in [1.807, 2.05) is 35.8 Å². The number of carbonyl (C=O) groups excluding carboxylic acids is 1. The molecule has 1 aliphatic heterocycles. The first-order chi connectivity index (χ1) is 16.1. The molecule has 0 fully saturated rings. The summed E-state index contributed by atoms with van der Waals surface area (Å²) in [4.78, 5) is 26.4. The van der Waals surface area contributed by atoms with Crippen molar-refractivity contribution in [1.82, 2.24) is 14.9 Å². The monoisotopic (exact) mass is 490 g/mol. The molecule has 0 atom stereocenters. The molecule has 8 heteroatoms. The summed E-state index contributed by atoms with van der Waals surface area (Å²) in [5, 5.41) is 5.13. The van der Waals surface area contributed by atoms with E-state index in [4.69, 9.17) is 4.98 Å². The Balaban J connectivity index is 1.42. The van der Waals surface area contributed by atoms with E-state index in [2.05, 4.69) is 41.2 Å². The zero-order valence-corrected chi connectivity index (χ0v) is 20.7. The van der Waals surface area contributed by atoms with Gasteiger partial charge in [-0.15, -0.1) is 34.0 Å². The lowest BCUT2D eigenvalue weighted by atomic mass is 10.0. The van der Waals surface area contributed by atoms with Gasteiger partial charge in [0.05, 0.1) is 25.9 Å². The minimum Gasteiger partial charge on any atom is -0.313 e. The summed E-state index contributed by atoms with van der Waals surface area (Å²) >= 11 is 4.95. The Hall–Kier alpha value is -2.65. The van der Waals surface area contributed by atoms with Crippen LogP contribution in [0.2, 0.25) is 0 Å². The van der Waals surface area contributed by atoms with Crippen LogP contribution < -0.4 is 5.32 Å². The molecule has 4 heterocycles. The fraction of sp³-hybridized carbons (Fsp3) is 0.240. The molecular formula is C25H22N4OS3. The molecule has 0 saturated heterocycles. The fourth-order valence-electron chi connectivity index (χ4n) is 4.33. The van der Waals surface area contributed by atoms with E-state index in [0.29, 0.717) is 11.6 Å². The van der Waals surface area contributed by atoms with E-state index in [-0.39, 0.29) is 5.91 Å². The van der Waals surface area contributed by atoms with Crippen LogP contribution in [0.4, 0.5) is 5.00 Å². The van der Waals surface area contributed by atoms with Crippen LogP contribution in [0.1, 0.15) is 34.6 Å². The number of thiazole rings is 2. The van der Waals surface area contributed by atoms with E-state index in [1.165, 1.54) is 15.1 Å². The lowest BCUT2D eigenvalue weighted by Crippen LogP contribution is -2.35. The maximum Gasteiger partial charge on any atom is 0.256 e. The number of thiophene rings is 1. The minimum absolute atomic E-state index is 0.0908. The lowest BCUT2D eigenvalue weighted by Gasteiger charge is -2.30. The molecule has 5 nitrogen and oxygen atoms in total. The Morgan fingerprint density at radius 1 is 1.09 bits per heavy atom. The predicted molar refractivity (Wildman–Crippen MR) is 140 cm³/mol. The standard InChI is InChI=1S/C25H22N4OS3/c1-14(2)29-10-9-16-21(12-29)33-25(22(16)24-27-18-5-3-4-6-19(18)32-24)28-23(30)15-7-8-17-20(11-15)31-13-26-17/h3-8,11,13-14H,9-10,12H2,1-2H3,(H,28,30). The highest BCUT2D eigenvalue weighted by atomic mass is 32.1. The van der Waals surface area contributed by atoms with E-state index < -0.39 is 0 Å². The SMILES string of the molecule is CC(C)N1CCc2c(sc(NC(=O)c3ccc4ncsc4c3)c2-c2nc3ccccc3s2)C1. The van der Waals surface area contributed by atoms with Gasteiger partial charge >= 0.3 is 0 Å². The Kier molecular flexibility index (Phi) is 5.25. The van der Waals surface area contributed by atoms with Crippen molar-refractivity contribution in [2.75, 3.05) is 11.9 Å². The van der Waals surface area contributed by atoms with Crippen LogP contribution in [0.3, 0.4) is 0 Å². The first-order valence-electron chi connectivity index (χ1n) is 11.0. The quantitative estimate of drug-likeness (QED) is 0.306. The number of hydrogen-bond donors (Lipinski definition) is 1. The Bertz CT molecular complexity index is 1460. The van der Waals surface area contributed by atoms with Crippen molar-refractivity contribution in [2.24, 2.45) is 0 Å². The number of hydrogen-bond acceptors (Lipinski definition) is 7. The van der Waals surface area contributed by atoms with Crippen LogP contribution in [0, 0.1) is 0 Å². The van der Waals surface area contributed by atoms with E-state index in [1.54, 1.807) is 34.0 Å². The number of rotatable bonds is 4. The number of nitrogens with one attached hydrogen (secondary N) is 1. The second-order valence-corrected chi connectivity index (χ2v) is 11.5. The van der Waals surface area contributed by atoms with Crippen LogP contribution in [-0.4, -0.2) is 33.4 Å². The molecule has 0 aliphatic carbocycles. The Morgan fingerprint density at radius 2 is 1.97 bits per heavy atom. The highest BCUT2D eigenvalue weighted by molar-refractivity contribution is 7.23. The number of anilines is 1. The van der Waals surface area contributed by atoms with Crippen molar-refractivity contribution < 1.29 is 4.79 Å². The van der Waals surface area contributed by atoms with Crippen molar-refractivity contribution in [2.45, 2.75) is 32.9 Å². The molecular weight excluding hydrogens is 469 g/mol. The first-order valence-corrected chi connectivity index (χ1v) is 13.5. The number of fused-ring (bicyclic) bond motifs is 3. The summed E-state index contributed by atoms with van der Waals surface area (Å²) in [6, 6.07) is 14.4.